The maximum Gasteiger partial charge on any atom is 0.275 e. The zero-order valence-electron chi connectivity index (χ0n) is 13.2. The van der Waals surface area contributed by atoms with Crippen molar-refractivity contribution in [3.05, 3.63) is 51.7 Å². The van der Waals surface area contributed by atoms with Crippen molar-refractivity contribution >= 4 is 21.4 Å². The largest absolute Gasteiger partial charge is 0.360 e. The number of nitrogens with one attached hydrogen (secondary N) is 1. The third-order valence-electron chi connectivity index (χ3n) is 3.47. The van der Waals surface area contributed by atoms with E-state index in [1.165, 1.54) is 21.4 Å². The standard InChI is InChI=1S/C16H19N5OS/c1-3-4-13-9-14(22)21-16(19-13)23-15(20-21)17-8-7-12-6-5-11(2)18-10-12/h5-6,9-10H,3-4,7-8H2,1-2H3,(H,17,20). The van der Waals surface area contributed by atoms with Crippen molar-refractivity contribution in [1.29, 1.82) is 0 Å². The van der Waals surface area contributed by atoms with E-state index in [0.29, 0.717) is 10.1 Å². The number of aryl methyl sites for hydroxylation is 2. The van der Waals surface area contributed by atoms with Gasteiger partial charge < -0.3 is 5.32 Å². The van der Waals surface area contributed by atoms with Crippen LogP contribution in [0.25, 0.3) is 4.96 Å². The number of pyridine rings is 1. The van der Waals surface area contributed by atoms with Crippen LogP contribution in [0.1, 0.15) is 30.3 Å². The molecule has 0 amide bonds. The molecule has 0 aliphatic heterocycles. The lowest BCUT2D eigenvalue weighted by atomic mass is 10.2. The number of fused-ring (bicyclic) bond motifs is 1. The minimum Gasteiger partial charge on any atom is -0.360 e. The fourth-order valence-corrected chi connectivity index (χ4v) is 3.12. The van der Waals surface area contributed by atoms with Gasteiger partial charge in [-0.3, -0.25) is 9.78 Å². The fraction of sp³-hybridized carbons (Fsp3) is 0.375. The smallest absolute Gasteiger partial charge is 0.275 e. The van der Waals surface area contributed by atoms with Crippen LogP contribution in [0.15, 0.2) is 29.2 Å². The molecule has 0 unspecified atom stereocenters. The fourth-order valence-electron chi connectivity index (χ4n) is 2.27. The summed E-state index contributed by atoms with van der Waals surface area (Å²) < 4.78 is 1.36. The summed E-state index contributed by atoms with van der Waals surface area (Å²) in [5, 5.41) is 8.26. The van der Waals surface area contributed by atoms with Crippen LogP contribution >= 0.6 is 11.3 Å². The first-order valence-corrected chi connectivity index (χ1v) is 8.52. The molecule has 0 aromatic carbocycles. The van der Waals surface area contributed by atoms with Crippen molar-refractivity contribution in [3.8, 4) is 0 Å². The van der Waals surface area contributed by atoms with Crippen LogP contribution in [-0.2, 0) is 12.8 Å². The van der Waals surface area contributed by atoms with E-state index in [1.807, 2.05) is 19.2 Å². The quantitative estimate of drug-likeness (QED) is 0.752. The topological polar surface area (TPSA) is 72.2 Å². The molecule has 3 aromatic heterocycles. The second-order valence-electron chi connectivity index (χ2n) is 5.42. The summed E-state index contributed by atoms with van der Waals surface area (Å²) in [7, 11) is 0. The number of anilines is 1. The molecular formula is C16H19N5OS. The summed E-state index contributed by atoms with van der Waals surface area (Å²) in [4.78, 5) is 21.5. The van der Waals surface area contributed by atoms with Crippen LogP contribution < -0.4 is 10.9 Å². The first kappa shape index (κ1) is 15.6. The summed E-state index contributed by atoms with van der Waals surface area (Å²) in [6.45, 7) is 4.78. The molecule has 0 saturated heterocycles. The van der Waals surface area contributed by atoms with Crippen molar-refractivity contribution in [2.45, 2.75) is 33.1 Å². The Hall–Kier alpha value is -2.28. The molecule has 7 heteroatoms. The van der Waals surface area contributed by atoms with Crippen molar-refractivity contribution in [2.75, 3.05) is 11.9 Å². The summed E-state index contributed by atoms with van der Waals surface area (Å²) in [5.41, 5.74) is 2.90. The molecule has 0 aliphatic rings. The predicted octanol–water partition coefficient (Wildman–Crippen LogP) is 2.46. The molecule has 0 bridgehead atoms. The Morgan fingerprint density at radius 1 is 1.30 bits per heavy atom. The first-order chi connectivity index (χ1) is 11.2. The summed E-state index contributed by atoms with van der Waals surface area (Å²) in [5.74, 6) is 0. The van der Waals surface area contributed by atoms with Gasteiger partial charge in [0.15, 0.2) is 0 Å². The number of aromatic nitrogens is 4. The number of nitrogens with zero attached hydrogens (tertiary/aromatic N) is 4. The molecule has 6 nitrogen and oxygen atoms in total. The highest BCUT2D eigenvalue weighted by Crippen LogP contribution is 2.17. The molecule has 0 saturated carbocycles. The van der Waals surface area contributed by atoms with Crippen molar-refractivity contribution in [2.24, 2.45) is 0 Å². The lowest BCUT2D eigenvalue weighted by molar-refractivity contribution is 0.839. The van der Waals surface area contributed by atoms with E-state index < -0.39 is 0 Å². The molecule has 3 heterocycles. The normalized spacial score (nSPS) is 11.0. The van der Waals surface area contributed by atoms with E-state index in [1.54, 1.807) is 6.07 Å². The predicted molar refractivity (Wildman–Crippen MR) is 92.3 cm³/mol. The van der Waals surface area contributed by atoms with E-state index in [9.17, 15) is 4.79 Å². The van der Waals surface area contributed by atoms with Gasteiger partial charge in [0, 0.05) is 30.2 Å². The Morgan fingerprint density at radius 2 is 2.17 bits per heavy atom. The lowest BCUT2D eigenvalue weighted by Crippen LogP contribution is -2.15. The van der Waals surface area contributed by atoms with E-state index in [-0.39, 0.29) is 5.56 Å². The zero-order chi connectivity index (χ0) is 16.2. The summed E-state index contributed by atoms with van der Waals surface area (Å²) in [6, 6.07) is 5.65. The SMILES string of the molecule is CCCc1cc(=O)n2nc(NCCc3ccc(C)nc3)sc2n1. The van der Waals surface area contributed by atoms with Gasteiger partial charge in [-0.1, -0.05) is 30.7 Å². The van der Waals surface area contributed by atoms with Gasteiger partial charge in [0.2, 0.25) is 10.1 Å². The van der Waals surface area contributed by atoms with Gasteiger partial charge in [-0.05, 0) is 31.4 Å². The molecule has 0 atom stereocenters. The summed E-state index contributed by atoms with van der Waals surface area (Å²) >= 11 is 1.40. The number of hydrogen-bond donors (Lipinski definition) is 1. The van der Waals surface area contributed by atoms with Gasteiger partial charge in [-0.2, -0.15) is 4.52 Å². The second kappa shape index (κ2) is 6.87. The molecule has 0 fully saturated rings. The monoisotopic (exact) mass is 329 g/mol. The number of rotatable bonds is 6. The molecule has 3 rings (SSSR count). The summed E-state index contributed by atoms with van der Waals surface area (Å²) in [6.07, 6.45) is 4.52. The third kappa shape index (κ3) is 3.73. The average Bonchev–Trinajstić information content (AvgIpc) is 2.93. The lowest BCUT2D eigenvalue weighted by Gasteiger charge is -2.02. The van der Waals surface area contributed by atoms with Gasteiger partial charge >= 0.3 is 0 Å². The van der Waals surface area contributed by atoms with Crippen molar-refractivity contribution in [1.82, 2.24) is 19.6 Å². The van der Waals surface area contributed by atoms with E-state index in [4.69, 9.17) is 0 Å². The number of hydrogen-bond acceptors (Lipinski definition) is 6. The van der Waals surface area contributed by atoms with Gasteiger partial charge in [0.05, 0.1) is 0 Å². The second-order valence-corrected chi connectivity index (χ2v) is 6.38. The van der Waals surface area contributed by atoms with Gasteiger partial charge in [-0.15, -0.1) is 5.10 Å². The van der Waals surface area contributed by atoms with Crippen molar-refractivity contribution in [3.63, 3.8) is 0 Å². The molecule has 23 heavy (non-hydrogen) atoms. The van der Waals surface area contributed by atoms with Crippen LogP contribution in [0.4, 0.5) is 5.13 Å². The molecule has 0 spiro atoms. The van der Waals surface area contributed by atoms with Crippen LogP contribution in [0.2, 0.25) is 0 Å². The highest BCUT2D eigenvalue weighted by Gasteiger charge is 2.08. The zero-order valence-corrected chi connectivity index (χ0v) is 14.1. The van der Waals surface area contributed by atoms with Crippen LogP contribution in [0.3, 0.4) is 0 Å². The highest BCUT2D eigenvalue weighted by molar-refractivity contribution is 7.20. The minimum atomic E-state index is -0.120. The molecular weight excluding hydrogens is 310 g/mol. The Kier molecular flexibility index (Phi) is 4.66. The Morgan fingerprint density at radius 3 is 2.91 bits per heavy atom. The van der Waals surface area contributed by atoms with Crippen molar-refractivity contribution < 1.29 is 0 Å². The minimum absolute atomic E-state index is 0.120. The van der Waals surface area contributed by atoms with Crippen LogP contribution in [0.5, 0.6) is 0 Å². The highest BCUT2D eigenvalue weighted by atomic mass is 32.1. The average molecular weight is 329 g/mol. The Labute approximate surface area is 138 Å². The third-order valence-corrected chi connectivity index (χ3v) is 4.33. The maximum absolute atomic E-state index is 12.0. The van der Waals surface area contributed by atoms with Gasteiger partial charge in [0.25, 0.3) is 5.56 Å². The van der Waals surface area contributed by atoms with Crippen LogP contribution in [-0.4, -0.2) is 26.1 Å². The molecule has 3 aromatic rings. The maximum atomic E-state index is 12.0. The Bertz CT molecular complexity index is 853. The molecule has 0 radical (unpaired) electrons. The van der Waals surface area contributed by atoms with E-state index >= 15 is 0 Å². The van der Waals surface area contributed by atoms with Gasteiger partial charge in [0.1, 0.15) is 0 Å². The molecule has 120 valence electrons. The Balaban J connectivity index is 1.69. The van der Waals surface area contributed by atoms with E-state index in [2.05, 4.69) is 33.4 Å². The van der Waals surface area contributed by atoms with Crippen LogP contribution in [0, 0.1) is 6.92 Å². The van der Waals surface area contributed by atoms with E-state index in [0.717, 1.165) is 37.2 Å². The first-order valence-electron chi connectivity index (χ1n) is 7.71. The molecule has 0 aliphatic carbocycles. The van der Waals surface area contributed by atoms with Gasteiger partial charge in [-0.25, -0.2) is 4.98 Å². The molecule has 1 N–H and O–H groups in total.